The Morgan fingerprint density at radius 2 is 1.62 bits per heavy atom. The smallest absolute Gasteiger partial charge is 0.337 e. The molecule has 1 fully saturated rings. The number of amides is 1. The Morgan fingerprint density at radius 3 is 2.15 bits per heavy atom. The summed E-state index contributed by atoms with van der Waals surface area (Å²) in [6.45, 7) is 0. The Balaban J connectivity index is 0.00000196. The van der Waals surface area contributed by atoms with Gasteiger partial charge in [0.1, 0.15) is 0 Å². The van der Waals surface area contributed by atoms with E-state index in [0.717, 1.165) is 11.1 Å². The van der Waals surface area contributed by atoms with Crippen molar-refractivity contribution < 1.29 is 14.3 Å². The van der Waals surface area contributed by atoms with Crippen LogP contribution in [0, 0.1) is 0 Å². The number of carbonyl (C=O) groups is 2. The maximum atomic E-state index is 12.7. The minimum absolute atomic E-state index is 0. The van der Waals surface area contributed by atoms with Crippen LogP contribution in [-0.2, 0) is 14.3 Å². The zero-order valence-electron chi connectivity index (χ0n) is 13.9. The van der Waals surface area contributed by atoms with Crippen LogP contribution in [0.15, 0.2) is 72.4 Å². The molecule has 1 saturated heterocycles. The summed E-state index contributed by atoms with van der Waals surface area (Å²) in [6, 6.07) is 19.4. The largest absolute Gasteiger partial charge is 0.449 e. The molecular weight excluding hydrogens is 461 g/mol. The van der Waals surface area contributed by atoms with Crippen LogP contribution in [0.5, 0.6) is 0 Å². The van der Waals surface area contributed by atoms with Crippen LogP contribution in [0.3, 0.4) is 0 Å². The number of esters is 1. The summed E-state index contributed by atoms with van der Waals surface area (Å²) in [5.74, 6) is 0.261. The van der Waals surface area contributed by atoms with E-state index in [4.69, 9.17) is 4.74 Å². The van der Waals surface area contributed by atoms with Crippen molar-refractivity contribution in [2.45, 2.75) is 17.9 Å². The second-order valence-electron chi connectivity index (χ2n) is 6.03. The van der Waals surface area contributed by atoms with Crippen molar-refractivity contribution in [2.75, 3.05) is 5.75 Å². The molecule has 2 aromatic rings. The molecule has 0 aliphatic carbocycles. The van der Waals surface area contributed by atoms with Gasteiger partial charge in [-0.2, -0.15) is 0 Å². The third-order valence-corrected chi connectivity index (χ3v) is 5.62. The van der Waals surface area contributed by atoms with Crippen molar-refractivity contribution in [2.24, 2.45) is 0 Å². The topological polar surface area (TPSA) is 46.6 Å². The number of ether oxygens (including phenoxy) is 1. The van der Waals surface area contributed by atoms with Crippen molar-refractivity contribution in [3.8, 4) is 0 Å². The van der Waals surface area contributed by atoms with E-state index in [0.29, 0.717) is 17.7 Å². The molecule has 26 heavy (non-hydrogen) atoms. The number of benzene rings is 2. The van der Waals surface area contributed by atoms with Gasteiger partial charge < -0.3 is 9.64 Å². The highest BCUT2D eigenvalue weighted by atomic mass is 127. The molecule has 0 aromatic heterocycles. The van der Waals surface area contributed by atoms with E-state index in [1.165, 1.54) is 0 Å². The molecule has 134 valence electrons. The first kappa shape index (κ1) is 19.0. The highest BCUT2D eigenvalue weighted by Crippen LogP contribution is 2.36. The lowest BCUT2D eigenvalue weighted by Gasteiger charge is -2.40. The third kappa shape index (κ3) is 3.81. The molecule has 2 aliphatic rings. The van der Waals surface area contributed by atoms with Crippen LogP contribution in [0.25, 0.3) is 0 Å². The highest BCUT2D eigenvalue weighted by Gasteiger charge is 2.39. The standard InChI is InChI=1S/C20H17NO3S.HI/c22-17-11-18-21(17)12-16(13-25-18)20(23)24-19(14-7-3-1-4-8-14)15-9-5-2-6-10-15;/h1-10,12,18-19H,11,13H2;1H/t18-;/m1./s1. The van der Waals surface area contributed by atoms with E-state index in [1.54, 1.807) is 22.9 Å². The summed E-state index contributed by atoms with van der Waals surface area (Å²) >= 11 is 1.61. The number of halogens is 1. The van der Waals surface area contributed by atoms with Crippen LogP contribution >= 0.6 is 35.7 Å². The highest BCUT2D eigenvalue weighted by molar-refractivity contribution is 14.0. The van der Waals surface area contributed by atoms with Gasteiger partial charge in [-0.3, -0.25) is 4.79 Å². The molecule has 0 N–H and O–H groups in total. The van der Waals surface area contributed by atoms with Gasteiger partial charge in [0, 0.05) is 12.0 Å². The van der Waals surface area contributed by atoms with E-state index in [9.17, 15) is 9.59 Å². The van der Waals surface area contributed by atoms with Crippen molar-refractivity contribution in [3.63, 3.8) is 0 Å². The second-order valence-corrected chi connectivity index (χ2v) is 7.20. The third-order valence-electron chi connectivity index (χ3n) is 4.37. The number of rotatable bonds is 4. The Labute approximate surface area is 173 Å². The summed E-state index contributed by atoms with van der Waals surface area (Å²) in [4.78, 5) is 25.9. The lowest BCUT2D eigenvalue weighted by molar-refractivity contribution is -0.143. The van der Waals surface area contributed by atoms with Gasteiger partial charge in [-0.1, -0.05) is 60.7 Å². The van der Waals surface area contributed by atoms with Crippen molar-refractivity contribution in [3.05, 3.63) is 83.6 Å². The first-order chi connectivity index (χ1) is 12.2. The minimum atomic E-state index is -0.467. The lowest BCUT2D eigenvalue weighted by atomic mass is 10.0. The van der Waals surface area contributed by atoms with Gasteiger partial charge in [-0.15, -0.1) is 35.7 Å². The maximum absolute atomic E-state index is 12.7. The summed E-state index contributed by atoms with van der Waals surface area (Å²) in [7, 11) is 0. The molecule has 4 rings (SSSR count). The quantitative estimate of drug-likeness (QED) is 0.376. The van der Waals surface area contributed by atoms with Crippen LogP contribution < -0.4 is 0 Å². The number of fused-ring (bicyclic) bond motifs is 1. The number of thioether (sulfide) groups is 1. The fourth-order valence-corrected chi connectivity index (χ4v) is 4.13. The average Bonchev–Trinajstić information content (AvgIpc) is 2.66. The molecule has 4 nitrogen and oxygen atoms in total. The van der Waals surface area contributed by atoms with Gasteiger partial charge in [0.15, 0.2) is 6.10 Å². The molecule has 0 bridgehead atoms. The van der Waals surface area contributed by atoms with E-state index in [2.05, 4.69) is 0 Å². The van der Waals surface area contributed by atoms with Gasteiger partial charge in [0.25, 0.3) is 0 Å². The molecule has 0 saturated carbocycles. The molecule has 6 heteroatoms. The molecule has 0 spiro atoms. The number of nitrogens with zero attached hydrogens (tertiary/aromatic N) is 1. The Morgan fingerprint density at radius 1 is 1.04 bits per heavy atom. The van der Waals surface area contributed by atoms with Gasteiger partial charge in [-0.25, -0.2) is 4.79 Å². The van der Waals surface area contributed by atoms with Gasteiger partial charge >= 0.3 is 5.97 Å². The zero-order chi connectivity index (χ0) is 17.2. The lowest BCUT2D eigenvalue weighted by Crippen LogP contribution is -2.49. The van der Waals surface area contributed by atoms with E-state index >= 15 is 0 Å². The van der Waals surface area contributed by atoms with Crippen LogP contribution in [0.2, 0.25) is 0 Å². The summed E-state index contributed by atoms with van der Waals surface area (Å²) in [5.41, 5.74) is 2.37. The van der Waals surface area contributed by atoms with Crippen molar-refractivity contribution in [1.29, 1.82) is 0 Å². The summed E-state index contributed by atoms with van der Waals surface area (Å²) < 4.78 is 5.85. The van der Waals surface area contributed by atoms with Crippen LogP contribution in [0.1, 0.15) is 23.7 Å². The number of hydrogen-bond donors (Lipinski definition) is 0. The number of β-lactam (4-membered cyclic amide) rings is 1. The van der Waals surface area contributed by atoms with Crippen LogP contribution in [0.4, 0.5) is 0 Å². The van der Waals surface area contributed by atoms with Crippen molar-refractivity contribution >= 4 is 47.6 Å². The molecule has 0 radical (unpaired) electrons. The molecule has 0 unspecified atom stereocenters. The van der Waals surface area contributed by atoms with Gasteiger partial charge in [0.2, 0.25) is 5.91 Å². The van der Waals surface area contributed by atoms with E-state index in [-0.39, 0.29) is 41.2 Å². The molecule has 1 amide bonds. The fraction of sp³-hybridized carbons (Fsp3) is 0.200. The second kappa shape index (κ2) is 8.26. The first-order valence-corrected chi connectivity index (χ1v) is 9.21. The van der Waals surface area contributed by atoms with Gasteiger partial charge in [0.05, 0.1) is 17.4 Å². The zero-order valence-corrected chi connectivity index (χ0v) is 17.1. The minimum Gasteiger partial charge on any atom is -0.449 e. The molecule has 2 aromatic carbocycles. The Bertz CT molecular complexity index is 786. The van der Waals surface area contributed by atoms with Gasteiger partial charge in [-0.05, 0) is 11.1 Å². The predicted molar refractivity (Wildman–Crippen MR) is 112 cm³/mol. The molecule has 2 heterocycles. The SMILES string of the molecule is I.O=C(OC(c1ccccc1)c1ccccc1)C1=CN2C(=O)C[C@H]2SC1. The predicted octanol–water partition coefficient (Wildman–Crippen LogP) is 4.13. The molecule has 2 aliphatic heterocycles. The first-order valence-electron chi connectivity index (χ1n) is 8.17. The van der Waals surface area contributed by atoms with Crippen LogP contribution in [-0.4, -0.2) is 27.9 Å². The normalized spacial score (nSPS) is 18.3. The molecular formula is C20H18INO3S. The number of hydrogen-bond acceptors (Lipinski definition) is 4. The summed E-state index contributed by atoms with van der Waals surface area (Å²) in [6.07, 6.45) is 1.74. The fourth-order valence-electron chi connectivity index (χ4n) is 2.97. The van der Waals surface area contributed by atoms with E-state index in [1.807, 2.05) is 60.7 Å². The van der Waals surface area contributed by atoms with Crippen molar-refractivity contribution in [1.82, 2.24) is 4.90 Å². The Hall–Kier alpha value is -1.80. The monoisotopic (exact) mass is 479 g/mol. The number of carbonyl (C=O) groups excluding carboxylic acids is 2. The summed E-state index contributed by atoms with van der Waals surface area (Å²) in [5, 5.41) is 0.183. The Kier molecular flexibility index (Phi) is 6.03. The maximum Gasteiger partial charge on any atom is 0.337 e. The molecule has 1 atom stereocenters. The average molecular weight is 479 g/mol. The van der Waals surface area contributed by atoms with E-state index < -0.39 is 6.10 Å².